The number of hydrogen-bond acceptors (Lipinski definition) is 3. The van der Waals surface area contributed by atoms with E-state index < -0.39 is 11.7 Å². The van der Waals surface area contributed by atoms with Crippen LogP contribution in [0.2, 0.25) is 10.0 Å². The van der Waals surface area contributed by atoms with Crippen molar-refractivity contribution < 1.29 is 9.18 Å². The molecule has 2 aromatic carbocycles. The van der Waals surface area contributed by atoms with E-state index in [2.05, 4.69) is 5.32 Å². The van der Waals surface area contributed by atoms with E-state index in [9.17, 15) is 9.18 Å². The van der Waals surface area contributed by atoms with Gasteiger partial charge in [0.2, 0.25) is 0 Å². The molecule has 0 saturated carbocycles. The SMILES string of the molecule is NC(=O)c1cc(Nc2ccc(Cl)c(Cl)c2)c(F)cc1N. The third kappa shape index (κ3) is 2.95. The average Bonchev–Trinajstić information content (AvgIpc) is 2.36. The number of carbonyl (C=O) groups is 1. The number of halogens is 3. The molecule has 5 N–H and O–H groups in total. The van der Waals surface area contributed by atoms with Gasteiger partial charge in [0, 0.05) is 11.4 Å². The van der Waals surface area contributed by atoms with Crippen LogP contribution in [0.3, 0.4) is 0 Å². The summed E-state index contributed by atoms with van der Waals surface area (Å²) in [5, 5.41) is 3.49. The molecule has 0 fully saturated rings. The van der Waals surface area contributed by atoms with Crippen molar-refractivity contribution in [2.75, 3.05) is 11.1 Å². The van der Waals surface area contributed by atoms with Crippen LogP contribution in [-0.2, 0) is 0 Å². The molecule has 2 rings (SSSR count). The van der Waals surface area contributed by atoms with Crippen LogP contribution in [0.1, 0.15) is 10.4 Å². The van der Waals surface area contributed by atoms with Gasteiger partial charge in [-0.1, -0.05) is 23.2 Å². The molecule has 0 radical (unpaired) electrons. The number of hydrogen-bond donors (Lipinski definition) is 3. The molecule has 0 aliphatic heterocycles. The molecule has 4 nitrogen and oxygen atoms in total. The Hall–Kier alpha value is -1.98. The standard InChI is InChI=1S/C13H10Cl2FN3O/c14-8-2-1-6(3-9(8)15)19-12-4-7(13(18)20)11(17)5-10(12)16/h1-5,19H,17H2,(H2,18,20). The molecule has 0 atom stereocenters. The smallest absolute Gasteiger partial charge is 0.250 e. The summed E-state index contributed by atoms with van der Waals surface area (Å²) >= 11 is 11.7. The maximum Gasteiger partial charge on any atom is 0.250 e. The molecule has 0 unspecified atom stereocenters. The number of nitrogens with one attached hydrogen (secondary N) is 1. The van der Waals surface area contributed by atoms with Crippen molar-refractivity contribution in [1.82, 2.24) is 0 Å². The summed E-state index contributed by atoms with van der Waals surface area (Å²) in [6.45, 7) is 0. The Bertz CT molecular complexity index is 692. The summed E-state index contributed by atoms with van der Waals surface area (Å²) in [5.41, 5.74) is 11.3. The molecule has 0 heterocycles. The summed E-state index contributed by atoms with van der Waals surface area (Å²) in [6.07, 6.45) is 0. The van der Waals surface area contributed by atoms with Crippen molar-refractivity contribution in [3.8, 4) is 0 Å². The van der Waals surface area contributed by atoms with Crippen LogP contribution >= 0.6 is 23.2 Å². The molecule has 0 aromatic heterocycles. The van der Waals surface area contributed by atoms with Gasteiger partial charge in [0.25, 0.3) is 5.91 Å². The van der Waals surface area contributed by atoms with Gasteiger partial charge in [-0.3, -0.25) is 4.79 Å². The predicted molar refractivity (Wildman–Crippen MR) is 79.1 cm³/mol. The highest BCUT2D eigenvalue weighted by atomic mass is 35.5. The van der Waals surface area contributed by atoms with Gasteiger partial charge >= 0.3 is 0 Å². The summed E-state index contributed by atoms with van der Waals surface area (Å²) < 4.78 is 13.8. The molecule has 0 aliphatic carbocycles. The summed E-state index contributed by atoms with van der Waals surface area (Å²) in [7, 11) is 0. The zero-order valence-electron chi connectivity index (χ0n) is 10.1. The molecule has 0 bridgehead atoms. The van der Waals surface area contributed by atoms with Gasteiger partial charge in [0.15, 0.2) is 0 Å². The van der Waals surface area contributed by atoms with Crippen molar-refractivity contribution in [3.05, 3.63) is 51.8 Å². The minimum absolute atomic E-state index is 0.0188. The van der Waals surface area contributed by atoms with E-state index >= 15 is 0 Å². The van der Waals surface area contributed by atoms with Gasteiger partial charge in [0.05, 0.1) is 21.3 Å². The fourth-order valence-corrected chi connectivity index (χ4v) is 1.93. The zero-order valence-corrected chi connectivity index (χ0v) is 11.6. The van der Waals surface area contributed by atoms with E-state index in [1.54, 1.807) is 12.1 Å². The molecule has 0 aliphatic rings. The Morgan fingerprint density at radius 3 is 2.45 bits per heavy atom. The average molecular weight is 314 g/mol. The fourth-order valence-electron chi connectivity index (χ4n) is 1.63. The minimum atomic E-state index is -0.736. The Labute approximate surface area is 124 Å². The Morgan fingerprint density at radius 2 is 1.85 bits per heavy atom. The van der Waals surface area contributed by atoms with Crippen LogP contribution in [0.25, 0.3) is 0 Å². The maximum absolute atomic E-state index is 13.8. The molecule has 1 amide bonds. The lowest BCUT2D eigenvalue weighted by Crippen LogP contribution is -2.14. The van der Waals surface area contributed by atoms with Crippen LogP contribution in [-0.4, -0.2) is 5.91 Å². The van der Waals surface area contributed by atoms with Gasteiger partial charge in [-0.25, -0.2) is 4.39 Å². The van der Waals surface area contributed by atoms with Crippen molar-refractivity contribution in [1.29, 1.82) is 0 Å². The molecule has 20 heavy (non-hydrogen) atoms. The third-order valence-electron chi connectivity index (χ3n) is 2.60. The second-order valence-electron chi connectivity index (χ2n) is 4.04. The van der Waals surface area contributed by atoms with Gasteiger partial charge in [-0.15, -0.1) is 0 Å². The minimum Gasteiger partial charge on any atom is -0.398 e. The normalized spacial score (nSPS) is 10.3. The van der Waals surface area contributed by atoms with Gasteiger partial charge < -0.3 is 16.8 Å². The molecule has 104 valence electrons. The number of amides is 1. The van der Waals surface area contributed by atoms with Crippen LogP contribution < -0.4 is 16.8 Å². The first-order valence-electron chi connectivity index (χ1n) is 5.49. The van der Waals surface area contributed by atoms with Crippen LogP contribution in [0.4, 0.5) is 21.5 Å². The van der Waals surface area contributed by atoms with E-state index in [0.717, 1.165) is 6.07 Å². The highest BCUT2D eigenvalue weighted by molar-refractivity contribution is 6.42. The quantitative estimate of drug-likeness (QED) is 0.758. The van der Waals surface area contributed by atoms with Gasteiger partial charge in [-0.05, 0) is 30.3 Å². The Balaban J connectivity index is 2.40. The van der Waals surface area contributed by atoms with Crippen molar-refractivity contribution in [2.24, 2.45) is 5.73 Å². The molecule has 2 aromatic rings. The molecule has 7 heteroatoms. The fraction of sp³-hybridized carbons (Fsp3) is 0. The number of anilines is 3. The van der Waals surface area contributed by atoms with Crippen LogP contribution in [0.5, 0.6) is 0 Å². The Morgan fingerprint density at radius 1 is 1.15 bits per heavy atom. The largest absolute Gasteiger partial charge is 0.398 e. The highest BCUT2D eigenvalue weighted by Crippen LogP contribution is 2.29. The van der Waals surface area contributed by atoms with E-state index in [1.807, 2.05) is 0 Å². The van der Waals surface area contributed by atoms with Crippen LogP contribution in [0.15, 0.2) is 30.3 Å². The lowest BCUT2D eigenvalue weighted by atomic mass is 10.1. The van der Waals surface area contributed by atoms with Gasteiger partial charge in [-0.2, -0.15) is 0 Å². The van der Waals surface area contributed by atoms with Crippen molar-refractivity contribution >= 4 is 46.2 Å². The first-order chi connectivity index (χ1) is 9.38. The van der Waals surface area contributed by atoms with Crippen molar-refractivity contribution in [2.45, 2.75) is 0 Å². The molecule has 0 spiro atoms. The van der Waals surface area contributed by atoms with E-state index in [4.69, 9.17) is 34.7 Å². The molecular weight excluding hydrogens is 304 g/mol. The van der Waals surface area contributed by atoms with E-state index in [-0.39, 0.29) is 16.9 Å². The second-order valence-corrected chi connectivity index (χ2v) is 4.85. The number of benzene rings is 2. The van der Waals surface area contributed by atoms with Crippen molar-refractivity contribution in [3.63, 3.8) is 0 Å². The first-order valence-corrected chi connectivity index (χ1v) is 6.25. The number of primary amides is 1. The van der Waals surface area contributed by atoms with Crippen LogP contribution in [0, 0.1) is 5.82 Å². The molecular formula is C13H10Cl2FN3O. The lowest BCUT2D eigenvalue weighted by Gasteiger charge is -2.11. The molecule has 0 saturated heterocycles. The number of rotatable bonds is 3. The second kappa shape index (κ2) is 5.56. The summed E-state index contributed by atoms with van der Waals surface area (Å²) in [5.74, 6) is -1.35. The summed E-state index contributed by atoms with van der Waals surface area (Å²) in [4.78, 5) is 11.2. The van der Waals surface area contributed by atoms with E-state index in [0.29, 0.717) is 15.7 Å². The van der Waals surface area contributed by atoms with E-state index in [1.165, 1.54) is 12.1 Å². The first kappa shape index (κ1) is 14.4. The third-order valence-corrected chi connectivity index (χ3v) is 3.34. The maximum atomic E-state index is 13.8. The Kier molecular flexibility index (Phi) is 4.01. The number of nitrogens with two attached hydrogens (primary N) is 2. The zero-order chi connectivity index (χ0) is 14.9. The topological polar surface area (TPSA) is 81.1 Å². The number of nitrogen functional groups attached to an aromatic ring is 1. The monoisotopic (exact) mass is 313 g/mol. The lowest BCUT2D eigenvalue weighted by molar-refractivity contribution is 0.100. The highest BCUT2D eigenvalue weighted by Gasteiger charge is 2.12. The number of carbonyl (C=O) groups excluding carboxylic acids is 1. The van der Waals surface area contributed by atoms with Gasteiger partial charge in [0.1, 0.15) is 5.82 Å². The predicted octanol–water partition coefficient (Wildman–Crippen LogP) is 3.56. The summed E-state index contributed by atoms with van der Waals surface area (Å²) in [6, 6.07) is 6.99.